The zero-order chi connectivity index (χ0) is 9.68. The molecule has 1 amide bonds. The van der Waals surface area contributed by atoms with Gasteiger partial charge in [0.05, 0.1) is 6.54 Å². The lowest BCUT2D eigenvalue weighted by Crippen LogP contribution is -2.26. The van der Waals surface area contributed by atoms with Gasteiger partial charge in [-0.25, -0.2) is 4.98 Å². The molecule has 0 radical (unpaired) electrons. The summed E-state index contributed by atoms with van der Waals surface area (Å²) in [5.41, 5.74) is 0.538. The van der Waals surface area contributed by atoms with Crippen LogP contribution in [0.2, 0.25) is 0 Å². The molecule has 0 bridgehead atoms. The molecule has 0 atom stereocenters. The molecular formula is C8H10FN3O. The molecule has 1 aromatic rings. The first kappa shape index (κ1) is 9.44. The Kier molecular flexibility index (Phi) is 3.19. The number of aromatic nitrogens is 1. The van der Waals surface area contributed by atoms with E-state index in [-0.39, 0.29) is 12.5 Å². The molecule has 1 aromatic heterocycles. The van der Waals surface area contributed by atoms with Crippen LogP contribution in [0.3, 0.4) is 0 Å². The number of nitrogens with zero attached hydrogens (tertiary/aromatic N) is 1. The molecule has 13 heavy (non-hydrogen) atoms. The van der Waals surface area contributed by atoms with E-state index in [1.165, 1.54) is 19.3 Å². The predicted octanol–water partition coefficient (Wildman–Crippen LogP) is 0.379. The second-order valence-corrected chi connectivity index (χ2v) is 2.39. The molecule has 70 valence electrons. The van der Waals surface area contributed by atoms with Crippen LogP contribution in [0.5, 0.6) is 0 Å². The number of hydrogen-bond acceptors (Lipinski definition) is 3. The number of rotatable bonds is 3. The molecule has 4 nitrogen and oxygen atoms in total. The van der Waals surface area contributed by atoms with Crippen molar-refractivity contribution in [3.05, 3.63) is 24.3 Å². The van der Waals surface area contributed by atoms with Crippen LogP contribution < -0.4 is 10.6 Å². The summed E-state index contributed by atoms with van der Waals surface area (Å²) >= 11 is 0. The zero-order valence-electron chi connectivity index (χ0n) is 7.17. The summed E-state index contributed by atoms with van der Waals surface area (Å²) in [7, 11) is 1.54. The van der Waals surface area contributed by atoms with Crippen molar-refractivity contribution in [3.8, 4) is 0 Å². The summed E-state index contributed by atoms with van der Waals surface area (Å²) in [6.07, 6.45) is 1.33. The minimum absolute atomic E-state index is 0.125. The van der Waals surface area contributed by atoms with Crippen molar-refractivity contribution in [2.45, 2.75) is 0 Å². The molecule has 2 N–H and O–H groups in total. The molecule has 1 rings (SSSR count). The van der Waals surface area contributed by atoms with Gasteiger partial charge in [-0.1, -0.05) is 0 Å². The van der Waals surface area contributed by atoms with E-state index in [2.05, 4.69) is 15.6 Å². The number of amides is 1. The Bertz CT molecular complexity index is 303. The van der Waals surface area contributed by atoms with Gasteiger partial charge in [0.2, 0.25) is 11.9 Å². The maximum Gasteiger partial charge on any atom is 0.239 e. The molecule has 0 aromatic carbocycles. The molecule has 0 spiro atoms. The Morgan fingerprint density at radius 2 is 2.46 bits per heavy atom. The maximum atomic E-state index is 12.5. The molecule has 0 saturated carbocycles. The SMILES string of the molecule is CNC(=O)CNc1ccnc(F)c1. The van der Waals surface area contributed by atoms with E-state index in [1.807, 2.05) is 0 Å². The van der Waals surface area contributed by atoms with Crippen LogP contribution >= 0.6 is 0 Å². The summed E-state index contributed by atoms with van der Waals surface area (Å²) in [5.74, 6) is -0.723. The number of halogens is 1. The third-order valence-corrected chi connectivity index (χ3v) is 1.46. The molecule has 0 fully saturated rings. The maximum absolute atomic E-state index is 12.5. The quantitative estimate of drug-likeness (QED) is 0.666. The van der Waals surface area contributed by atoms with E-state index < -0.39 is 5.95 Å². The first-order valence-corrected chi connectivity index (χ1v) is 3.78. The van der Waals surface area contributed by atoms with Crippen molar-refractivity contribution < 1.29 is 9.18 Å². The van der Waals surface area contributed by atoms with Gasteiger partial charge < -0.3 is 10.6 Å². The molecule has 0 unspecified atom stereocenters. The average molecular weight is 183 g/mol. The van der Waals surface area contributed by atoms with Crippen molar-refractivity contribution in [1.82, 2.24) is 10.3 Å². The first-order chi connectivity index (χ1) is 6.22. The molecular weight excluding hydrogens is 173 g/mol. The van der Waals surface area contributed by atoms with Gasteiger partial charge >= 0.3 is 0 Å². The number of anilines is 1. The Balaban J connectivity index is 2.50. The standard InChI is InChI=1S/C8H10FN3O/c1-10-8(13)5-12-6-2-3-11-7(9)4-6/h2-4H,5H2,1H3,(H,10,13)(H,11,12). The monoisotopic (exact) mass is 183 g/mol. The fourth-order valence-corrected chi connectivity index (χ4v) is 0.783. The lowest BCUT2D eigenvalue weighted by Gasteiger charge is -2.03. The van der Waals surface area contributed by atoms with Crippen molar-refractivity contribution in [3.63, 3.8) is 0 Å². The van der Waals surface area contributed by atoms with Crippen LogP contribution in [0.25, 0.3) is 0 Å². The number of hydrogen-bond donors (Lipinski definition) is 2. The highest BCUT2D eigenvalue weighted by atomic mass is 19.1. The molecule has 0 aliphatic rings. The van der Waals surface area contributed by atoms with E-state index >= 15 is 0 Å². The lowest BCUT2D eigenvalue weighted by molar-refractivity contribution is -0.118. The van der Waals surface area contributed by atoms with Gasteiger partial charge in [0.1, 0.15) is 0 Å². The second-order valence-electron chi connectivity index (χ2n) is 2.39. The van der Waals surface area contributed by atoms with E-state index in [0.29, 0.717) is 5.69 Å². The highest BCUT2D eigenvalue weighted by Crippen LogP contribution is 2.05. The number of nitrogens with one attached hydrogen (secondary N) is 2. The first-order valence-electron chi connectivity index (χ1n) is 3.78. The summed E-state index contributed by atoms with van der Waals surface area (Å²) < 4.78 is 12.5. The van der Waals surface area contributed by atoms with Gasteiger partial charge in [0.25, 0.3) is 0 Å². The summed E-state index contributed by atoms with van der Waals surface area (Å²) in [6.45, 7) is 0.125. The summed E-state index contributed by atoms with van der Waals surface area (Å²) in [5, 5.41) is 5.18. The Morgan fingerprint density at radius 3 is 3.08 bits per heavy atom. The number of likely N-dealkylation sites (N-methyl/N-ethyl adjacent to an activating group) is 1. The van der Waals surface area contributed by atoms with E-state index in [1.54, 1.807) is 6.07 Å². The van der Waals surface area contributed by atoms with E-state index in [9.17, 15) is 9.18 Å². The third-order valence-electron chi connectivity index (χ3n) is 1.46. The minimum atomic E-state index is -0.568. The highest BCUT2D eigenvalue weighted by molar-refractivity contribution is 5.80. The smallest absolute Gasteiger partial charge is 0.239 e. The molecule has 1 heterocycles. The Hall–Kier alpha value is -1.65. The van der Waals surface area contributed by atoms with Crippen molar-refractivity contribution in [2.75, 3.05) is 18.9 Å². The van der Waals surface area contributed by atoms with Gasteiger partial charge in [0, 0.05) is 25.0 Å². The van der Waals surface area contributed by atoms with Crippen LogP contribution in [-0.4, -0.2) is 24.5 Å². The number of carbonyl (C=O) groups is 1. The van der Waals surface area contributed by atoms with Crippen molar-refractivity contribution >= 4 is 11.6 Å². The average Bonchev–Trinajstić information content (AvgIpc) is 2.14. The van der Waals surface area contributed by atoms with Gasteiger partial charge in [-0.15, -0.1) is 0 Å². The highest BCUT2D eigenvalue weighted by Gasteiger charge is 1.98. The van der Waals surface area contributed by atoms with Crippen LogP contribution in [-0.2, 0) is 4.79 Å². The normalized spacial score (nSPS) is 9.38. The van der Waals surface area contributed by atoms with Crippen molar-refractivity contribution in [1.29, 1.82) is 0 Å². The van der Waals surface area contributed by atoms with Gasteiger partial charge in [-0.3, -0.25) is 4.79 Å². The van der Waals surface area contributed by atoms with E-state index in [0.717, 1.165) is 0 Å². The van der Waals surface area contributed by atoms with Gasteiger partial charge in [0.15, 0.2) is 0 Å². The summed E-state index contributed by atoms with van der Waals surface area (Å²) in [4.78, 5) is 14.2. The Morgan fingerprint density at radius 1 is 1.69 bits per heavy atom. The van der Waals surface area contributed by atoms with Gasteiger partial charge in [-0.2, -0.15) is 4.39 Å². The molecule has 0 aliphatic heterocycles. The number of pyridine rings is 1. The largest absolute Gasteiger partial charge is 0.376 e. The fraction of sp³-hybridized carbons (Fsp3) is 0.250. The lowest BCUT2D eigenvalue weighted by atomic mass is 10.4. The van der Waals surface area contributed by atoms with Crippen LogP contribution in [0.1, 0.15) is 0 Å². The van der Waals surface area contributed by atoms with Crippen molar-refractivity contribution in [2.24, 2.45) is 0 Å². The van der Waals surface area contributed by atoms with Gasteiger partial charge in [-0.05, 0) is 6.07 Å². The second kappa shape index (κ2) is 4.39. The molecule has 5 heteroatoms. The minimum Gasteiger partial charge on any atom is -0.376 e. The summed E-state index contributed by atoms with van der Waals surface area (Å²) in [6, 6.07) is 2.81. The molecule has 0 saturated heterocycles. The predicted molar refractivity (Wildman–Crippen MR) is 46.8 cm³/mol. The Labute approximate surface area is 75.2 Å². The van der Waals surface area contributed by atoms with E-state index in [4.69, 9.17) is 0 Å². The van der Waals surface area contributed by atoms with Crippen LogP contribution in [0.15, 0.2) is 18.3 Å². The van der Waals surface area contributed by atoms with Crippen LogP contribution in [0, 0.1) is 5.95 Å². The van der Waals surface area contributed by atoms with Crippen LogP contribution in [0.4, 0.5) is 10.1 Å². The zero-order valence-corrected chi connectivity index (χ0v) is 7.17. The fourth-order valence-electron chi connectivity index (χ4n) is 0.783. The molecule has 0 aliphatic carbocycles. The topological polar surface area (TPSA) is 54.0 Å². The number of carbonyl (C=O) groups excluding carboxylic acids is 1. The third kappa shape index (κ3) is 3.06.